The van der Waals surface area contributed by atoms with Gasteiger partial charge in [-0.15, -0.1) is 0 Å². The zero-order valence-corrected chi connectivity index (χ0v) is 16.2. The number of benzene rings is 3. The van der Waals surface area contributed by atoms with E-state index in [9.17, 15) is 4.79 Å². The molecule has 0 bridgehead atoms. The summed E-state index contributed by atoms with van der Waals surface area (Å²) in [7, 11) is 0. The zero-order valence-electron chi connectivity index (χ0n) is 16.2. The Kier molecular flexibility index (Phi) is 5.73. The maximum atomic E-state index is 12.5. The van der Waals surface area contributed by atoms with Crippen molar-refractivity contribution in [2.75, 3.05) is 0 Å². The number of para-hydroxylation sites is 1. The molecule has 1 heterocycles. The Hall–Kier alpha value is -3.37. The summed E-state index contributed by atoms with van der Waals surface area (Å²) in [5.74, 6) is -0.384. The number of carbonyl (C=O) groups excluding carboxylic acids is 1. The summed E-state index contributed by atoms with van der Waals surface area (Å²) in [6.45, 7) is 0.234. The Balaban J connectivity index is 1.52. The highest BCUT2D eigenvalue weighted by atomic mass is 16.5. The molecular weight excluding hydrogens is 360 g/mol. The van der Waals surface area contributed by atoms with E-state index in [0.717, 1.165) is 34.1 Å². The van der Waals surface area contributed by atoms with Gasteiger partial charge >= 0.3 is 5.97 Å². The van der Waals surface area contributed by atoms with Gasteiger partial charge < -0.3 is 15.5 Å². The second kappa shape index (κ2) is 8.76. The van der Waals surface area contributed by atoms with Gasteiger partial charge in [-0.1, -0.05) is 78.9 Å². The molecule has 0 unspecified atom stereocenters. The highest BCUT2D eigenvalue weighted by Gasteiger charge is 2.20. The first-order valence-corrected chi connectivity index (χ1v) is 9.79. The first kappa shape index (κ1) is 19.0. The number of carbonyl (C=O) groups is 1. The van der Waals surface area contributed by atoms with E-state index in [4.69, 9.17) is 10.5 Å². The van der Waals surface area contributed by atoms with Crippen molar-refractivity contribution in [3.8, 4) is 0 Å². The highest BCUT2D eigenvalue weighted by molar-refractivity contribution is 5.86. The van der Waals surface area contributed by atoms with Crippen LogP contribution in [0.2, 0.25) is 0 Å². The minimum atomic E-state index is -0.715. The molecule has 0 aliphatic rings. The monoisotopic (exact) mass is 384 g/mol. The van der Waals surface area contributed by atoms with Crippen LogP contribution in [0, 0.1) is 0 Å². The van der Waals surface area contributed by atoms with Crippen LogP contribution in [0.3, 0.4) is 0 Å². The molecular formula is C25H24N2O2. The van der Waals surface area contributed by atoms with Crippen LogP contribution < -0.4 is 5.73 Å². The molecule has 4 aromatic rings. The topological polar surface area (TPSA) is 68.1 Å². The fourth-order valence-corrected chi connectivity index (χ4v) is 3.58. The van der Waals surface area contributed by atoms with E-state index in [-0.39, 0.29) is 12.6 Å². The summed E-state index contributed by atoms with van der Waals surface area (Å²) < 4.78 is 5.43. The SMILES string of the molecule is N[C@H](Cc1c(Cc2ccccc2)[nH]c2ccccc12)C(=O)OCc1ccccc1. The average molecular weight is 384 g/mol. The highest BCUT2D eigenvalue weighted by Crippen LogP contribution is 2.26. The van der Waals surface area contributed by atoms with Crippen LogP contribution in [0.4, 0.5) is 0 Å². The Morgan fingerprint density at radius 2 is 1.48 bits per heavy atom. The third kappa shape index (κ3) is 4.55. The maximum absolute atomic E-state index is 12.5. The molecule has 146 valence electrons. The van der Waals surface area contributed by atoms with Crippen molar-refractivity contribution in [1.82, 2.24) is 4.98 Å². The van der Waals surface area contributed by atoms with Crippen molar-refractivity contribution >= 4 is 16.9 Å². The maximum Gasteiger partial charge on any atom is 0.323 e. The Labute approximate surface area is 170 Å². The van der Waals surface area contributed by atoms with Crippen LogP contribution in [-0.2, 0) is 29.0 Å². The molecule has 0 radical (unpaired) electrons. The lowest BCUT2D eigenvalue weighted by molar-refractivity contribution is -0.146. The number of rotatable bonds is 7. The lowest BCUT2D eigenvalue weighted by Crippen LogP contribution is -2.34. The van der Waals surface area contributed by atoms with Gasteiger partial charge in [-0.05, 0) is 22.8 Å². The molecule has 4 rings (SSSR count). The van der Waals surface area contributed by atoms with Crippen LogP contribution in [-0.4, -0.2) is 17.0 Å². The predicted molar refractivity (Wildman–Crippen MR) is 115 cm³/mol. The number of nitrogens with two attached hydrogens (primary N) is 1. The van der Waals surface area contributed by atoms with Crippen molar-refractivity contribution in [3.05, 3.63) is 107 Å². The van der Waals surface area contributed by atoms with E-state index in [2.05, 4.69) is 23.2 Å². The van der Waals surface area contributed by atoms with Crippen LogP contribution in [0.1, 0.15) is 22.4 Å². The van der Waals surface area contributed by atoms with Gasteiger partial charge in [-0.2, -0.15) is 0 Å². The van der Waals surface area contributed by atoms with E-state index in [0.29, 0.717) is 6.42 Å². The largest absolute Gasteiger partial charge is 0.460 e. The fraction of sp³-hybridized carbons (Fsp3) is 0.160. The molecule has 3 N–H and O–H groups in total. The quantitative estimate of drug-likeness (QED) is 0.465. The first-order chi connectivity index (χ1) is 14.2. The van der Waals surface area contributed by atoms with E-state index < -0.39 is 6.04 Å². The van der Waals surface area contributed by atoms with Gasteiger partial charge in [0.15, 0.2) is 0 Å². The molecule has 0 amide bonds. The lowest BCUT2D eigenvalue weighted by atomic mass is 9.99. The van der Waals surface area contributed by atoms with Crippen molar-refractivity contribution in [2.24, 2.45) is 5.73 Å². The number of hydrogen-bond donors (Lipinski definition) is 2. The summed E-state index contributed by atoms with van der Waals surface area (Å²) >= 11 is 0. The number of hydrogen-bond acceptors (Lipinski definition) is 3. The summed E-state index contributed by atoms with van der Waals surface area (Å²) in [6, 6.07) is 27.3. The summed E-state index contributed by atoms with van der Waals surface area (Å²) in [4.78, 5) is 16.0. The molecule has 0 saturated carbocycles. The molecule has 1 atom stereocenters. The van der Waals surface area contributed by atoms with Gasteiger partial charge in [0.05, 0.1) is 0 Å². The van der Waals surface area contributed by atoms with Crippen molar-refractivity contribution in [3.63, 3.8) is 0 Å². The average Bonchev–Trinajstić information content (AvgIpc) is 3.10. The molecule has 4 nitrogen and oxygen atoms in total. The Morgan fingerprint density at radius 1 is 0.862 bits per heavy atom. The number of aromatic nitrogens is 1. The smallest absolute Gasteiger partial charge is 0.323 e. The Morgan fingerprint density at radius 3 is 2.21 bits per heavy atom. The number of ether oxygens (including phenoxy) is 1. The number of fused-ring (bicyclic) bond motifs is 1. The number of nitrogens with one attached hydrogen (secondary N) is 1. The van der Waals surface area contributed by atoms with E-state index in [1.807, 2.05) is 66.7 Å². The number of aromatic amines is 1. The minimum absolute atomic E-state index is 0.234. The normalized spacial score (nSPS) is 12.0. The van der Waals surface area contributed by atoms with Crippen LogP contribution in [0.5, 0.6) is 0 Å². The van der Waals surface area contributed by atoms with Gasteiger partial charge in [0, 0.05) is 29.4 Å². The predicted octanol–water partition coefficient (Wildman–Crippen LogP) is 4.37. The summed E-state index contributed by atoms with van der Waals surface area (Å²) in [5, 5.41) is 1.10. The van der Waals surface area contributed by atoms with Gasteiger partial charge in [-0.3, -0.25) is 4.79 Å². The molecule has 4 heteroatoms. The molecule has 29 heavy (non-hydrogen) atoms. The second-order valence-electron chi connectivity index (χ2n) is 7.19. The van der Waals surface area contributed by atoms with E-state index >= 15 is 0 Å². The molecule has 0 aliphatic carbocycles. The van der Waals surface area contributed by atoms with Gasteiger partial charge in [0.25, 0.3) is 0 Å². The van der Waals surface area contributed by atoms with Crippen LogP contribution >= 0.6 is 0 Å². The standard InChI is InChI=1S/C25H24N2O2/c26-22(25(28)29-17-19-11-5-2-6-12-19)16-21-20-13-7-8-14-23(20)27-24(21)15-18-9-3-1-4-10-18/h1-14,22,27H,15-17,26H2/t22-/m1/s1. The van der Waals surface area contributed by atoms with Gasteiger partial charge in [0.1, 0.15) is 12.6 Å². The van der Waals surface area contributed by atoms with Crippen molar-refractivity contribution < 1.29 is 9.53 Å². The minimum Gasteiger partial charge on any atom is -0.460 e. The van der Waals surface area contributed by atoms with E-state index in [1.54, 1.807) is 0 Å². The zero-order chi connectivity index (χ0) is 20.1. The Bertz CT molecular complexity index is 1090. The molecule has 0 fully saturated rings. The van der Waals surface area contributed by atoms with Crippen molar-refractivity contribution in [2.45, 2.75) is 25.5 Å². The molecule has 3 aromatic carbocycles. The molecule has 1 aromatic heterocycles. The molecule has 0 aliphatic heterocycles. The third-order valence-corrected chi connectivity index (χ3v) is 5.08. The molecule has 0 spiro atoms. The summed E-state index contributed by atoms with van der Waals surface area (Å²) in [6.07, 6.45) is 1.19. The van der Waals surface area contributed by atoms with E-state index in [1.165, 1.54) is 5.56 Å². The number of esters is 1. The number of H-pyrrole nitrogens is 1. The van der Waals surface area contributed by atoms with Crippen LogP contribution in [0.15, 0.2) is 84.9 Å². The second-order valence-corrected chi connectivity index (χ2v) is 7.19. The van der Waals surface area contributed by atoms with Gasteiger partial charge in [0.2, 0.25) is 0 Å². The third-order valence-electron chi connectivity index (χ3n) is 5.08. The lowest BCUT2D eigenvalue weighted by Gasteiger charge is -2.13. The molecule has 0 saturated heterocycles. The summed E-state index contributed by atoms with van der Waals surface area (Å²) in [5.41, 5.74) is 11.6. The first-order valence-electron chi connectivity index (χ1n) is 9.79. The van der Waals surface area contributed by atoms with Gasteiger partial charge in [-0.25, -0.2) is 0 Å². The fourth-order valence-electron chi connectivity index (χ4n) is 3.58. The van der Waals surface area contributed by atoms with Crippen molar-refractivity contribution in [1.29, 1.82) is 0 Å². The van der Waals surface area contributed by atoms with Crippen LogP contribution in [0.25, 0.3) is 10.9 Å².